The molecule has 1 aliphatic rings. The van der Waals surface area contributed by atoms with Gasteiger partial charge in [-0.15, -0.1) is 10.2 Å². The Morgan fingerprint density at radius 2 is 2.33 bits per heavy atom. The van der Waals surface area contributed by atoms with Crippen LogP contribution in [-0.2, 0) is 17.6 Å². The molecule has 0 bridgehead atoms. The van der Waals surface area contributed by atoms with Gasteiger partial charge in [0.15, 0.2) is 11.6 Å². The lowest BCUT2D eigenvalue weighted by Crippen LogP contribution is -2.31. The molecule has 0 saturated heterocycles. The Kier molecular flexibility index (Phi) is 1.56. The number of hydrogen-bond donors (Lipinski definition) is 1. The predicted octanol–water partition coefficient (Wildman–Crippen LogP) is -0.143. The van der Waals surface area contributed by atoms with E-state index in [0.717, 1.165) is 18.1 Å². The van der Waals surface area contributed by atoms with Crippen molar-refractivity contribution in [2.24, 2.45) is 0 Å². The quantitative estimate of drug-likeness (QED) is 0.631. The second-order valence-corrected chi connectivity index (χ2v) is 2.76. The van der Waals surface area contributed by atoms with Crippen LogP contribution in [0.1, 0.15) is 25.0 Å². The molecule has 2 rings (SSSR count). The average Bonchev–Trinajstić information content (AvgIpc) is 2.46. The maximum atomic E-state index is 11.0. The van der Waals surface area contributed by atoms with E-state index in [-0.39, 0.29) is 5.91 Å². The Labute approximate surface area is 69.8 Å². The molecule has 0 unspecified atom stereocenters. The molecule has 0 aromatic carbocycles. The molecule has 0 atom stereocenters. The fraction of sp³-hybridized carbons (Fsp3) is 0.571. The van der Waals surface area contributed by atoms with Gasteiger partial charge in [-0.25, -0.2) is 4.68 Å². The molecular weight excluding hydrogens is 156 g/mol. The van der Waals surface area contributed by atoms with Gasteiger partial charge < -0.3 is 0 Å². The molecular formula is C7H10N4O. The van der Waals surface area contributed by atoms with Crippen LogP contribution in [0.15, 0.2) is 0 Å². The predicted molar refractivity (Wildman–Crippen MR) is 42.1 cm³/mol. The monoisotopic (exact) mass is 166 g/mol. The first-order valence-corrected chi connectivity index (χ1v) is 4.04. The van der Waals surface area contributed by atoms with Crippen LogP contribution in [0.3, 0.4) is 0 Å². The zero-order chi connectivity index (χ0) is 8.55. The summed E-state index contributed by atoms with van der Waals surface area (Å²) in [4.78, 5) is 11.0. The molecule has 0 fully saturated rings. The summed E-state index contributed by atoms with van der Waals surface area (Å²) in [5.74, 6) is 1.71. The third kappa shape index (κ3) is 0.975. The van der Waals surface area contributed by atoms with Gasteiger partial charge in [0.25, 0.3) is 0 Å². The van der Waals surface area contributed by atoms with Gasteiger partial charge in [0.1, 0.15) is 0 Å². The molecule has 1 aromatic rings. The molecule has 1 aromatic heterocycles. The second kappa shape index (κ2) is 2.58. The standard InChI is InChI=1S/C7H10N4O/c1-2-5-8-9-6-3-4-7(12)10-11(5)6/h2-4H2,1H3,(H,10,12). The maximum absolute atomic E-state index is 11.0. The van der Waals surface area contributed by atoms with Crippen LogP contribution < -0.4 is 5.43 Å². The van der Waals surface area contributed by atoms with Gasteiger partial charge in [0.2, 0.25) is 5.91 Å². The Morgan fingerprint density at radius 1 is 1.50 bits per heavy atom. The number of fused-ring (bicyclic) bond motifs is 1. The van der Waals surface area contributed by atoms with Crippen LogP contribution in [-0.4, -0.2) is 20.8 Å². The normalized spacial score (nSPS) is 15.6. The minimum absolute atomic E-state index is 0.0389. The van der Waals surface area contributed by atoms with E-state index in [1.54, 1.807) is 4.68 Å². The van der Waals surface area contributed by atoms with E-state index in [4.69, 9.17) is 0 Å². The highest BCUT2D eigenvalue weighted by molar-refractivity contribution is 5.84. The summed E-state index contributed by atoms with van der Waals surface area (Å²) in [5, 5.41) is 7.91. The molecule has 5 nitrogen and oxygen atoms in total. The Hall–Kier alpha value is -1.39. The lowest BCUT2D eigenvalue weighted by molar-refractivity contribution is -0.117. The third-order valence-electron chi connectivity index (χ3n) is 1.93. The van der Waals surface area contributed by atoms with Crippen LogP contribution in [0, 0.1) is 0 Å². The lowest BCUT2D eigenvalue weighted by atomic mass is 10.2. The molecule has 64 valence electrons. The maximum Gasteiger partial charge on any atom is 0.239 e. The minimum Gasteiger partial charge on any atom is -0.273 e. The number of hydrogen-bond acceptors (Lipinski definition) is 3. The van der Waals surface area contributed by atoms with Gasteiger partial charge in [-0.05, 0) is 0 Å². The SMILES string of the molecule is CCc1nnc2n1NC(=O)CC2. The van der Waals surface area contributed by atoms with E-state index >= 15 is 0 Å². The first-order valence-electron chi connectivity index (χ1n) is 4.04. The van der Waals surface area contributed by atoms with Crippen LogP contribution >= 0.6 is 0 Å². The summed E-state index contributed by atoms with van der Waals surface area (Å²) in [5.41, 5.74) is 2.71. The van der Waals surface area contributed by atoms with Crippen LogP contribution in [0.2, 0.25) is 0 Å². The number of aromatic nitrogens is 3. The smallest absolute Gasteiger partial charge is 0.239 e. The number of carbonyl (C=O) groups is 1. The second-order valence-electron chi connectivity index (χ2n) is 2.76. The van der Waals surface area contributed by atoms with E-state index in [1.165, 1.54) is 0 Å². The average molecular weight is 166 g/mol. The highest BCUT2D eigenvalue weighted by Crippen LogP contribution is 2.08. The molecule has 2 heterocycles. The van der Waals surface area contributed by atoms with Crippen LogP contribution in [0.5, 0.6) is 0 Å². The van der Waals surface area contributed by atoms with Crippen molar-refractivity contribution < 1.29 is 4.79 Å². The largest absolute Gasteiger partial charge is 0.273 e. The molecule has 1 aliphatic heterocycles. The first-order chi connectivity index (χ1) is 5.81. The van der Waals surface area contributed by atoms with E-state index in [1.807, 2.05) is 6.92 Å². The highest BCUT2D eigenvalue weighted by atomic mass is 16.2. The summed E-state index contributed by atoms with van der Waals surface area (Å²) in [6.45, 7) is 1.98. The van der Waals surface area contributed by atoms with Crippen molar-refractivity contribution in [1.29, 1.82) is 0 Å². The number of carbonyl (C=O) groups excluding carboxylic acids is 1. The Morgan fingerprint density at radius 3 is 3.08 bits per heavy atom. The van der Waals surface area contributed by atoms with E-state index < -0.39 is 0 Å². The van der Waals surface area contributed by atoms with Crippen molar-refractivity contribution in [2.75, 3.05) is 5.43 Å². The minimum atomic E-state index is 0.0389. The van der Waals surface area contributed by atoms with Crippen molar-refractivity contribution >= 4 is 5.91 Å². The number of rotatable bonds is 1. The van der Waals surface area contributed by atoms with Gasteiger partial charge in [0.05, 0.1) is 0 Å². The Bertz CT molecular complexity index is 304. The summed E-state index contributed by atoms with van der Waals surface area (Å²) in [7, 11) is 0. The fourth-order valence-electron chi connectivity index (χ4n) is 1.28. The zero-order valence-electron chi connectivity index (χ0n) is 6.87. The summed E-state index contributed by atoms with van der Waals surface area (Å²) < 4.78 is 1.69. The van der Waals surface area contributed by atoms with Crippen molar-refractivity contribution in [3.8, 4) is 0 Å². The van der Waals surface area contributed by atoms with Gasteiger partial charge in [0, 0.05) is 19.3 Å². The molecule has 12 heavy (non-hydrogen) atoms. The number of nitrogens with one attached hydrogen (secondary N) is 1. The van der Waals surface area contributed by atoms with Gasteiger partial charge in [-0.3, -0.25) is 10.2 Å². The zero-order valence-corrected chi connectivity index (χ0v) is 6.87. The van der Waals surface area contributed by atoms with Crippen molar-refractivity contribution in [1.82, 2.24) is 14.9 Å². The topological polar surface area (TPSA) is 59.8 Å². The summed E-state index contributed by atoms with van der Waals surface area (Å²) in [6.07, 6.45) is 1.99. The highest BCUT2D eigenvalue weighted by Gasteiger charge is 2.18. The van der Waals surface area contributed by atoms with E-state index in [9.17, 15) is 4.79 Å². The molecule has 0 aliphatic carbocycles. The molecule has 1 N–H and O–H groups in total. The number of amides is 1. The van der Waals surface area contributed by atoms with Crippen molar-refractivity contribution in [2.45, 2.75) is 26.2 Å². The molecule has 1 amide bonds. The van der Waals surface area contributed by atoms with Gasteiger partial charge in [-0.2, -0.15) is 0 Å². The number of nitrogens with zero attached hydrogens (tertiary/aromatic N) is 3. The van der Waals surface area contributed by atoms with Crippen LogP contribution in [0.25, 0.3) is 0 Å². The van der Waals surface area contributed by atoms with E-state index in [2.05, 4.69) is 15.6 Å². The third-order valence-corrected chi connectivity index (χ3v) is 1.93. The van der Waals surface area contributed by atoms with E-state index in [0.29, 0.717) is 12.8 Å². The lowest BCUT2D eigenvalue weighted by Gasteiger charge is -2.14. The van der Waals surface area contributed by atoms with Gasteiger partial charge in [-0.1, -0.05) is 6.92 Å². The Balaban J connectivity index is 2.40. The van der Waals surface area contributed by atoms with Crippen molar-refractivity contribution in [3.63, 3.8) is 0 Å². The first kappa shape index (κ1) is 7.27. The fourth-order valence-corrected chi connectivity index (χ4v) is 1.28. The molecule has 0 radical (unpaired) electrons. The molecule has 0 spiro atoms. The molecule has 0 saturated carbocycles. The number of aryl methyl sites for hydroxylation is 2. The summed E-state index contributed by atoms with van der Waals surface area (Å²) in [6, 6.07) is 0. The molecule has 5 heteroatoms. The van der Waals surface area contributed by atoms with Crippen molar-refractivity contribution in [3.05, 3.63) is 11.6 Å². The van der Waals surface area contributed by atoms with Crippen LogP contribution in [0.4, 0.5) is 0 Å². The summed E-state index contributed by atoms with van der Waals surface area (Å²) >= 11 is 0. The van der Waals surface area contributed by atoms with Gasteiger partial charge >= 0.3 is 0 Å².